The van der Waals surface area contributed by atoms with Gasteiger partial charge in [0.05, 0.1) is 5.52 Å². The molecule has 0 spiro atoms. The number of hydrogen-bond donors (Lipinski definition) is 1. The van der Waals surface area contributed by atoms with Crippen molar-refractivity contribution in [3.63, 3.8) is 0 Å². The maximum Gasteiger partial charge on any atom is 0.147 e. The van der Waals surface area contributed by atoms with Crippen LogP contribution >= 0.6 is 0 Å². The van der Waals surface area contributed by atoms with Crippen molar-refractivity contribution in [2.75, 3.05) is 0 Å². The van der Waals surface area contributed by atoms with E-state index in [-0.39, 0.29) is 5.82 Å². The van der Waals surface area contributed by atoms with Crippen LogP contribution in [0.15, 0.2) is 18.2 Å². The molecule has 2 aromatic rings. The van der Waals surface area contributed by atoms with Crippen LogP contribution < -0.4 is 5.73 Å². The van der Waals surface area contributed by atoms with E-state index in [2.05, 4.69) is 13.8 Å². The minimum atomic E-state index is -0.179. The lowest BCUT2D eigenvalue weighted by Crippen LogP contribution is -2.05. The second kappa shape index (κ2) is 3.91. The van der Waals surface area contributed by atoms with Gasteiger partial charge < -0.3 is 10.3 Å². The Hall–Kier alpha value is -1.35. The largest absolute Gasteiger partial charge is 0.345 e. The maximum absolute atomic E-state index is 13.8. The van der Waals surface area contributed by atoms with Crippen LogP contribution in [0.1, 0.15) is 31.0 Å². The zero-order valence-corrected chi connectivity index (χ0v) is 9.92. The first-order valence-electron chi connectivity index (χ1n) is 5.53. The molecular weight excluding hydrogens is 203 g/mol. The molecule has 0 fully saturated rings. The van der Waals surface area contributed by atoms with Crippen molar-refractivity contribution in [3.8, 4) is 0 Å². The highest BCUT2D eigenvalue weighted by molar-refractivity contribution is 5.86. The lowest BCUT2D eigenvalue weighted by Gasteiger charge is -2.10. The quantitative estimate of drug-likeness (QED) is 0.829. The van der Waals surface area contributed by atoms with E-state index in [1.165, 1.54) is 6.07 Å². The fourth-order valence-electron chi connectivity index (χ4n) is 2.51. The number of hydrogen-bond acceptors (Lipinski definition) is 1. The van der Waals surface area contributed by atoms with Gasteiger partial charge in [-0.2, -0.15) is 0 Å². The van der Waals surface area contributed by atoms with Gasteiger partial charge in [0.2, 0.25) is 0 Å². The molecule has 0 saturated heterocycles. The highest BCUT2D eigenvalue weighted by Crippen LogP contribution is 2.31. The zero-order chi connectivity index (χ0) is 11.9. The van der Waals surface area contributed by atoms with Gasteiger partial charge in [-0.3, -0.25) is 0 Å². The Bertz CT molecular complexity index is 526. The van der Waals surface area contributed by atoms with Gasteiger partial charge >= 0.3 is 0 Å². The van der Waals surface area contributed by atoms with E-state index in [0.717, 1.165) is 16.6 Å². The Morgan fingerprint density at radius 3 is 2.62 bits per heavy atom. The third kappa shape index (κ3) is 1.43. The van der Waals surface area contributed by atoms with Gasteiger partial charge in [-0.25, -0.2) is 4.39 Å². The third-order valence-corrected chi connectivity index (χ3v) is 3.07. The van der Waals surface area contributed by atoms with Crippen molar-refractivity contribution in [1.82, 2.24) is 4.57 Å². The number of halogens is 1. The monoisotopic (exact) mass is 220 g/mol. The summed E-state index contributed by atoms with van der Waals surface area (Å²) in [5.41, 5.74) is 8.63. The van der Waals surface area contributed by atoms with Crippen LogP contribution in [0, 0.1) is 5.82 Å². The number of rotatable bonds is 2. The molecule has 1 aromatic carbocycles. The number of benzene rings is 1. The van der Waals surface area contributed by atoms with Crippen molar-refractivity contribution < 1.29 is 4.39 Å². The van der Waals surface area contributed by atoms with Crippen molar-refractivity contribution >= 4 is 10.9 Å². The summed E-state index contributed by atoms with van der Waals surface area (Å²) in [5, 5.41) is 0.939. The minimum Gasteiger partial charge on any atom is -0.345 e. The number of nitrogens with two attached hydrogens (primary N) is 1. The Balaban J connectivity index is 2.91. The van der Waals surface area contributed by atoms with E-state index >= 15 is 0 Å². The molecule has 1 heterocycles. The number of aromatic nitrogens is 1. The Kier molecular flexibility index (Phi) is 2.72. The highest BCUT2D eigenvalue weighted by Gasteiger charge is 2.18. The molecule has 16 heavy (non-hydrogen) atoms. The number of aryl methyl sites for hydroxylation is 1. The first-order chi connectivity index (χ1) is 7.57. The van der Waals surface area contributed by atoms with Crippen molar-refractivity contribution in [3.05, 3.63) is 35.3 Å². The fourth-order valence-corrected chi connectivity index (χ4v) is 2.51. The highest BCUT2D eigenvalue weighted by atomic mass is 19.1. The second-order valence-electron chi connectivity index (χ2n) is 4.42. The van der Waals surface area contributed by atoms with E-state index in [1.54, 1.807) is 6.07 Å². The van der Waals surface area contributed by atoms with Crippen LogP contribution in [-0.2, 0) is 13.6 Å². The van der Waals surface area contributed by atoms with Crippen molar-refractivity contribution in [2.45, 2.75) is 26.3 Å². The third-order valence-electron chi connectivity index (χ3n) is 3.07. The topological polar surface area (TPSA) is 30.9 Å². The van der Waals surface area contributed by atoms with E-state index < -0.39 is 0 Å². The van der Waals surface area contributed by atoms with Gasteiger partial charge in [-0.1, -0.05) is 26.0 Å². The second-order valence-corrected chi connectivity index (χ2v) is 4.42. The molecule has 0 bridgehead atoms. The maximum atomic E-state index is 13.8. The normalized spacial score (nSPS) is 11.6. The van der Waals surface area contributed by atoms with E-state index in [1.807, 2.05) is 17.7 Å². The molecule has 0 aliphatic heterocycles. The van der Waals surface area contributed by atoms with Gasteiger partial charge in [-0.15, -0.1) is 0 Å². The van der Waals surface area contributed by atoms with Crippen molar-refractivity contribution in [1.29, 1.82) is 0 Å². The average molecular weight is 220 g/mol. The number of fused-ring (bicyclic) bond motifs is 1. The summed E-state index contributed by atoms with van der Waals surface area (Å²) in [5.74, 6) is 0.164. The van der Waals surface area contributed by atoms with Crippen molar-refractivity contribution in [2.24, 2.45) is 12.8 Å². The summed E-state index contributed by atoms with van der Waals surface area (Å²) >= 11 is 0. The standard InChI is InChI=1S/C13H17FN2/c1-8(2)12-10(7-15)9-5-4-6-11(14)13(9)16(12)3/h4-6,8H,7,15H2,1-3H3. The van der Waals surface area contributed by atoms with E-state index in [0.29, 0.717) is 18.0 Å². The molecule has 0 saturated carbocycles. The van der Waals surface area contributed by atoms with Gasteiger partial charge in [0.25, 0.3) is 0 Å². The minimum absolute atomic E-state index is 0.179. The predicted molar refractivity (Wildman–Crippen MR) is 64.9 cm³/mol. The molecule has 2 rings (SSSR count). The van der Waals surface area contributed by atoms with Crippen LogP contribution in [0.2, 0.25) is 0 Å². The van der Waals surface area contributed by atoms with Gasteiger partial charge in [0, 0.05) is 24.7 Å². The van der Waals surface area contributed by atoms with Crippen LogP contribution in [0.5, 0.6) is 0 Å². The Labute approximate surface area is 94.9 Å². The average Bonchev–Trinajstić information content (AvgIpc) is 2.52. The molecule has 0 aliphatic carbocycles. The summed E-state index contributed by atoms with van der Waals surface area (Å²) in [6.45, 7) is 4.66. The number of nitrogens with zero attached hydrogens (tertiary/aromatic N) is 1. The predicted octanol–water partition coefficient (Wildman–Crippen LogP) is 2.90. The number of para-hydroxylation sites is 1. The van der Waals surface area contributed by atoms with E-state index in [4.69, 9.17) is 5.73 Å². The van der Waals surface area contributed by atoms with Crippen LogP contribution in [0.25, 0.3) is 10.9 Å². The molecule has 86 valence electrons. The first-order valence-corrected chi connectivity index (χ1v) is 5.53. The Morgan fingerprint density at radius 2 is 2.06 bits per heavy atom. The fraction of sp³-hybridized carbons (Fsp3) is 0.385. The molecule has 1 aromatic heterocycles. The molecule has 0 unspecified atom stereocenters. The zero-order valence-electron chi connectivity index (χ0n) is 9.92. The van der Waals surface area contributed by atoms with Gasteiger partial charge in [0.15, 0.2) is 0 Å². The summed E-state index contributed by atoms with van der Waals surface area (Å²) < 4.78 is 15.7. The first kappa shape index (κ1) is 11.1. The van der Waals surface area contributed by atoms with Crippen LogP contribution in [0.3, 0.4) is 0 Å². The molecule has 2 N–H and O–H groups in total. The Morgan fingerprint density at radius 1 is 1.38 bits per heavy atom. The summed E-state index contributed by atoms with van der Waals surface area (Å²) in [7, 11) is 1.90. The molecule has 0 radical (unpaired) electrons. The summed E-state index contributed by atoms with van der Waals surface area (Å²) in [6, 6.07) is 5.17. The van der Waals surface area contributed by atoms with Gasteiger partial charge in [-0.05, 0) is 17.5 Å². The van der Waals surface area contributed by atoms with Gasteiger partial charge in [0.1, 0.15) is 5.82 Å². The molecule has 0 aliphatic rings. The molecule has 0 amide bonds. The molecule has 3 heteroatoms. The molecule has 2 nitrogen and oxygen atoms in total. The molecule has 0 atom stereocenters. The van der Waals surface area contributed by atoms with E-state index in [9.17, 15) is 4.39 Å². The SMILES string of the molecule is CC(C)c1c(CN)c2cccc(F)c2n1C. The smallest absolute Gasteiger partial charge is 0.147 e. The summed E-state index contributed by atoms with van der Waals surface area (Å²) in [6.07, 6.45) is 0. The van der Waals surface area contributed by atoms with Crippen LogP contribution in [-0.4, -0.2) is 4.57 Å². The lowest BCUT2D eigenvalue weighted by atomic mass is 10.0. The lowest BCUT2D eigenvalue weighted by molar-refractivity contribution is 0.627. The summed E-state index contributed by atoms with van der Waals surface area (Å²) in [4.78, 5) is 0. The molecular formula is C13H17FN2. The van der Waals surface area contributed by atoms with Crippen LogP contribution in [0.4, 0.5) is 4.39 Å².